The molecule has 0 unspecified atom stereocenters. The molecule has 4 nitrogen and oxygen atoms in total. The Labute approximate surface area is 101 Å². The highest BCUT2D eigenvalue weighted by molar-refractivity contribution is 5.94. The van der Waals surface area contributed by atoms with Gasteiger partial charge in [0.2, 0.25) is 0 Å². The van der Waals surface area contributed by atoms with Gasteiger partial charge in [-0.05, 0) is 40.0 Å². The van der Waals surface area contributed by atoms with Gasteiger partial charge in [0.25, 0.3) is 0 Å². The molecule has 94 valence electrons. The number of carbonyl (C=O) groups excluding carboxylic acids is 1. The van der Waals surface area contributed by atoms with E-state index in [0.29, 0.717) is 13.2 Å². The molecule has 17 heavy (non-hydrogen) atoms. The summed E-state index contributed by atoms with van der Waals surface area (Å²) in [4.78, 5) is 16.4. The van der Waals surface area contributed by atoms with Gasteiger partial charge in [0, 0.05) is 5.41 Å². The van der Waals surface area contributed by atoms with Crippen molar-refractivity contribution in [2.75, 3.05) is 13.2 Å². The summed E-state index contributed by atoms with van der Waals surface area (Å²) in [6, 6.07) is 0. The van der Waals surface area contributed by atoms with Crippen molar-refractivity contribution in [3.05, 3.63) is 0 Å². The lowest BCUT2D eigenvalue weighted by molar-refractivity contribution is -0.208. The van der Waals surface area contributed by atoms with E-state index in [1.807, 2.05) is 6.92 Å². The van der Waals surface area contributed by atoms with Crippen LogP contribution >= 0.6 is 0 Å². The van der Waals surface area contributed by atoms with Gasteiger partial charge in [-0.3, -0.25) is 4.79 Å². The summed E-state index contributed by atoms with van der Waals surface area (Å²) in [6.45, 7) is 7.14. The molecule has 0 saturated heterocycles. The van der Waals surface area contributed by atoms with E-state index in [-0.39, 0.29) is 22.3 Å². The first-order valence-electron chi connectivity index (χ1n) is 6.32. The highest BCUT2D eigenvalue weighted by Crippen LogP contribution is 2.74. The maximum absolute atomic E-state index is 11.8. The van der Waals surface area contributed by atoms with Crippen molar-refractivity contribution in [3.63, 3.8) is 0 Å². The number of hydrogen-bond acceptors (Lipinski definition) is 4. The summed E-state index contributed by atoms with van der Waals surface area (Å²) in [5, 5.41) is 0. The third kappa shape index (κ3) is 1.36. The van der Waals surface area contributed by atoms with Crippen molar-refractivity contribution >= 4 is 11.9 Å². The highest BCUT2D eigenvalue weighted by Gasteiger charge is 2.75. The Kier molecular flexibility index (Phi) is 1.97. The molecule has 2 bridgehead atoms. The summed E-state index contributed by atoms with van der Waals surface area (Å²) in [7, 11) is 0. The molecule has 0 N–H and O–H groups in total. The third-order valence-electron chi connectivity index (χ3n) is 4.16. The predicted octanol–water partition coefficient (Wildman–Crippen LogP) is 1.93. The smallest absolute Gasteiger partial charge is 0.312 e. The molecule has 4 aliphatic rings. The van der Waals surface area contributed by atoms with E-state index in [2.05, 4.69) is 18.8 Å². The Morgan fingerprint density at radius 2 is 2.06 bits per heavy atom. The van der Waals surface area contributed by atoms with Crippen LogP contribution in [-0.2, 0) is 14.3 Å². The minimum Gasteiger partial charge on any atom is -0.478 e. The molecule has 0 radical (unpaired) electrons. The molecular formula is C13H19NO3. The fraction of sp³-hybridized carbons (Fsp3) is 0.846. The Hall–Kier alpha value is -1.06. The van der Waals surface area contributed by atoms with Crippen molar-refractivity contribution in [3.8, 4) is 0 Å². The van der Waals surface area contributed by atoms with E-state index in [0.717, 1.165) is 25.2 Å². The minimum absolute atomic E-state index is 0.0280. The second-order valence-electron chi connectivity index (χ2n) is 6.33. The SMILES string of the molecule is CCOC(=O)[C@]12C[C@](C3=NC(C)(C)CO3)(C1)C2. The van der Waals surface area contributed by atoms with Crippen molar-refractivity contribution in [1.82, 2.24) is 0 Å². The van der Waals surface area contributed by atoms with Crippen LogP contribution < -0.4 is 0 Å². The van der Waals surface area contributed by atoms with Crippen molar-refractivity contribution in [2.45, 2.75) is 45.6 Å². The van der Waals surface area contributed by atoms with Crippen LogP contribution in [0.1, 0.15) is 40.0 Å². The molecule has 3 fully saturated rings. The Morgan fingerprint density at radius 1 is 1.41 bits per heavy atom. The van der Waals surface area contributed by atoms with Crippen LogP contribution in [0.15, 0.2) is 4.99 Å². The lowest BCUT2D eigenvalue weighted by Crippen LogP contribution is -2.69. The van der Waals surface area contributed by atoms with Crippen LogP contribution in [-0.4, -0.2) is 30.6 Å². The minimum atomic E-state index is -0.200. The van der Waals surface area contributed by atoms with Gasteiger partial charge in [-0.15, -0.1) is 0 Å². The number of esters is 1. The fourth-order valence-corrected chi connectivity index (χ4v) is 3.37. The summed E-state index contributed by atoms with van der Waals surface area (Å²) in [6.07, 6.45) is 2.61. The van der Waals surface area contributed by atoms with Crippen molar-refractivity contribution in [2.24, 2.45) is 15.8 Å². The first-order chi connectivity index (χ1) is 7.91. The molecule has 1 aliphatic heterocycles. The van der Waals surface area contributed by atoms with Gasteiger partial charge in [0.05, 0.1) is 17.6 Å². The van der Waals surface area contributed by atoms with Crippen LogP contribution in [0.3, 0.4) is 0 Å². The normalized spacial score (nSPS) is 40.8. The van der Waals surface area contributed by atoms with Crippen molar-refractivity contribution in [1.29, 1.82) is 0 Å². The quantitative estimate of drug-likeness (QED) is 0.705. The zero-order chi connectivity index (χ0) is 12.3. The first kappa shape index (κ1) is 11.1. The summed E-state index contributed by atoms with van der Waals surface area (Å²) < 4.78 is 10.8. The average Bonchev–Trinajstić information content (AvgIpc) is 2.42. The number of carbonyl (C=O) groups is 1. The molecule has 1 heterocycles. The van der Waals surface area contributed by atoms with Gasteiger partial charge < -0.3 is 9.47 Å². The monoisotopic (exact) mass is 237 g/mol. The van der Waals surface area contributed by atoms with E-state index in [1.165, 1.54) is 0 Å². The largest absolute Gasteiger partial charge is 0.478 e. The fourth-order valence-electron chi connectivity index (χ4n) is 3.37. The molecular weight excluding hydrogens is 218 g/mol. The Balaban J connectivity index is 1.67. The Bertz CT molecular complexity index is 391. The van der Waals surface area contributed by atoms with Gasteiger partial charge in [-0.25, -0.2) is 4.99 Å². The average molecular weight is 237 g/mol. The zero-order valence-electron chi connectivity index (χ0n) is 10.7. The molecule has 0 aromatic rings. The van der Waals surface area contributed by atoms with E-state index in [9.17, 15) is 4.79 Å². The van der Waals surface area contributed by atoms with E-state index in [4.69, 9.17) is 9.47 Å². The molecule has 0 aromatic heterocycles. The molecule has 4 heteroatoms. The maximum atomic E-state index is 11.8. The van der Waals surface area contributed by atoms with Crippen LogP contribution in [0, 0.1) is 10.8 Å². The van der Waals surface area contributed by atoms with Crippen LogP contribution in [0.5, 0.6) is 0 Å². The summed E-state index contributed by atoms with van der Waals surface area (Å²) >= 11 is 0. The third-order valence-corrected chi connectivity index (χ3v) is 4.16. The summed E-state index contributed by atoms with van der Waals surface area (Å²) in [5.74, 6) is 0.855. The van der Waals surface area contributed by atoms with E-state index in [1.54, 1.807) is 0 Å². The van der Waals surface area contributed by atoms with E-state index >= 15 is 0 Å². The summed E-state index contributed by atoms with van der Waals surface area (Å²) in [5.41, 5.74) is -0.225. The lowest BCUT2D eigenvalue weighted by atomic mass is 9.35. The van der Waals surface area contributed by atoms with E-state index < -0.39 is 0 Å². The second-order valence-corrected chi connectivity index (χ2v) is 6.33. The maximum Gasteiger partial charge on any atom is 0.312 e. The molecule has 0 aromatic carbocycles. The molecule has 0 spiro atoms. The van der Waals surface area contributed by atoms with Gasteiger partial charge >= 0.3 is 5.97 Å². The molecule has 4 rings (SSSR count). The predicted molar refractivity (Wildman–Crippen MR) is 62.8 cm³/mol. The first-order valence-corrected chi connectivity index (χ1v) is 6.32. The number of hydrogen-bond donors (Lipinski definition) is 0. The zero-order valence-corrected chi connectivity index (χ0v) is 10.7. The number of nitrogens with zero attached hydrogens (tertiary/aromatic N) is 1. The number of ether oxygens (including phenoxy) is 2. The number of aliphatic imine (C=N–C) groups is 1. The molecule has 3 aliphatic carbocycles. The van der Waals surface area contributed by atoms with Crippen LogP contribution in [0.25, 0.3) is 0 Å². The van der Waals surface area contributed by atoms with Crippen molar-refractivity contribution < 1.29 is 14.3 Å². The van der Waals surface area contributed by atoms with Crippen LogP contribution in [0.4, 0.5) is 0 Å². The molecule has 0 atom stereocenters. The van der Waals surface area contributed by atoms with Gasteiger partial charge in [-0.1, -0.05) is 0 Å². The molecule has 3 saturated carbocycles. The van der Waals surface area contributed by atoms with Gasteiger partial charge in [0.1, 0.15) is 6.61 Å². The highest BCUT2D eigenvalue weighted by atomic mass is 16.5. The van der Waals surface area contributed by atoms with Crippen LogP contribution in [0.2, 0.25) is 0 Å². The standard InChI is InChI=1S/C13H19NO3/c1-4-16-10(15)13-5-12(6-13,7-13)9-14-11(2,3)8-17-9/h4-8H2,1-3H3/t12-,13+. The molecule has 0 amide bonds. The van der Waals surface area contributed by atoms with Gasteiger partial charge in [0.15, 0.2) is 5.90 Å². The van der Waals surface area contributed by atoms with Gasteiger partial charge in [-0.2, -0.15) is 0 Å². The lowest BCUT2D eigenvalue weighted by Gasteiger charge is -2.67. The Morgan fingerprint density at radius 3 is 2.53 bits per heavy atom. The topological polar surface area (TPSA) is 47.9 Å². The second kappa shape index (κ2) is 3.03. The number of rotatable bonds is 3.